The van der Waals surface area contributed by atoms with Gasteiger partial charge in [-0.2, -0.15) is 0 Å². The molecule has 136 valence electrons. The molecule has 2 aromatic rings. The van der Waals surface area contributed by atoms with E-state index in [0.717, 1.165) is 6.42 Å². The average molecular weight is 375 g/mol. The number of hydrazine groups is 1. The molecule has 7 heteroatoms. The van der Waals surface area contributed by atoms with Crippen molar-refractivity contribution in [1.29, 1.82) is 0 Å². The smallest absolute Gasteiger partial charge is 0.238 e. The van der Waals surface area contributed by atoms with Crippen LogP contribution < -0.4 is 20.3 Å². The first kappa shape index (κ1) is 18.1. The third kappa shape index (κ3) is 4.89. The molecule has 1 aliphatic heterocycles. The van der Waals surface area contributed by atoms with E-state index in [1.807, 2.05) is 0 Å². The van der Waals surface area contributed by atoms with E-state index in [4.69, 9.17) is 21.1 Å². The minimum atomic E-state index is -0.285. The summed E-state index contributed by atoms with van der Waals surface area (Å²) >= 11 is 5.87. The lowest BCUT2D eigenvalue weighted by molar-refractivity contribution is -0.120. The molecule has 1 heterocycles. The van der Waals surface area contributed by atoms with Crippen molar-refractivity contribution >= 4 is 29.0 Å². The zero-order valence-corrected chi connectivity index (χ0v) is 14.8. The van der Waals surface area contributed by atoms with Crippen LogP contribution in [-0.2, 0) is 4.79 Å². The molecule has 0 saturated heterocycles. The monoisotopic (exact) mass is 374 g/mol. The molecule has 6 nitrogen and oxygen atoms in total. The summed E-state index contributed by atoms with van der Waals surface area (Å²) in [4.78, 5) is 24.2. The van der Waals surface area contributed by atoms with Gasteiger partial charge in [-0.1, -0.05) is 17.7 Å². The fourth-order valence-electron chi connectivity index (χ4n) is 2.48. The highest BCUT2D eigenvalue weighted by Crippen LogP contribution is 2.30. The summed E-state index contributed by atoms with van der Waals surface area (Å²) in [6.07, 6.45) is 0.974. The summed E-state index contributed by atoms with van der Waals surface area (Å²) in [5.74, 6) is 0.800. The Balaban J connectivity index is 1.50. The largest absolute Gasteiger partial charge is 0.490 e. The SMILES string of the molecule is O=C(CCC(=O)c1ccc2c(c1)OCCCO2)NNc1cccc(Cl)c1. The Morgan fingerprint density at radius 2 is 1.81 bits per heavy atom. The van der Waals surface area contributed by atoms with Crippen LogP contribution in [0.15, 0.2) is 42.5 Å². The molecule has 0 bridgehead atoms. The number of carbonyl (C=O) groups excluding carboxylic acids is 2. The summed E-state index contributed by atoms with van der Waals surface area (Å²) in [5, 5.41) is 0.564. The maximum Gasteiger partial charge on any atom is 0.238 e. The standard InChI is InChI=1S/C19H19ClN2O4/c20-14-3-1-4-15(12-14)21-22-19(24)8-6-16(23)13-5-7-17-18(11-13)26-10-2-9-25-17/h1,3-5,7,11-12,21H,2,6,8-10H2,(H,22,24). The van der Waals surface area contributed by atoms with Gasteiger partial charge in [-0.3, -0.25) is 20.4 Å². The van der Waals surface area contributed by atoms with Crippen molar-refractivity contribution in [3.05, 3.63) is 53.1 Å². The molecule has 0 saturated carbocycles. The summed E-state index contributed by atoms with van der Waals surface area (Å²) in [5.41, 5.74) is 6.48. The molecule has 0 aromatic heterocycles. The molecule has 1 aliphatic rings. The number of halogens is 1. The van der Waals surface area contributed by atoms with Crippen molar-refractivity contribution in [2.75, 3.05) is 18.6 Å². The number of Topliss-reactive ketones (excluding diaryl/α,β-unsaturated/α-hetero) is 1. The van der Waals surface area contributed by atoms with E-state index < -0.39 is 0 Å². The summed E-state index contributed by atoms with van der Waals surface area (Å²) < 4.78 is 11.1. The predicted octanol–water partition coefficient (Wildman–Crippen LogP) is 3.61. The lowest BCUT2D eigenvalue weighted by Gasteiger charge is -2.10. The second-order valence-electron chi connectivity index (χ2n) is 5.82. The molecular weight excluding hydrogens is 356 g/mol. The van der Waals surface area contributed by atoms with Crippen LogP contribution in [-0.4, -0.2) is 24.9 Å². The number of ketones is 1. The van der Waals surface area contributed by atoms with Crippen LogP contribution in [0.25, 0.3) is 0 Å². The molecule has 0 radical (unpaired) electrons. The lowest BCUT2D eigenvalue weighted by atomic mass is 10.1. The van der Waals surface area contributed by atoms with Crippen molar-refractivity contribution in [3.63, 3.8) is 0 Å². The van der Waals surface area contributed by atoms with Gasteiger partial charge in [0.1, 0.15) is 0 Å². The van der Waals surface area contributed by atoms with Gasteiger partial charge in [-0.05, 0) is 36.4 Å². The molecule has 0 aliphatic carbocycles. The highest BCUT2D eigenvalue weighted by Gasteiger charge is 2.15. The number of amides is 1. The van der Waals surface area contributed by atoms with Crippen molar-refractivity contribution in [2.24, 2.45) is 0 Å². The Morgan fingerprint density at radius 1 is 1.00 bits per heavy atom. The van der Waals surface area contributed by atoms with Crippen LogP contribution in [0.5, 0.6) is 11.5 Å². The predicted molar refractivity (Wildman–Crippen MR) is 98.8 cm³/mol. The Morgan fingerprint density at radius 3 is 2.62 bits per heavy atom. The molecule has 0 atom stereocenters. The van der Waals surface area contributed by atoms with Crippen molar-refractivity contribution in [3.8, 4) is 11.5 Å². The van der Waals surface area contributed by atoms with Gasteiger partial charge in [-0.25, -0.2) is 0 Å². The Labute approximate surface area is 156 Å². The number of carbonyl (C=O) groups is 2. The number of benzene rings is 2. The Bertz CT molecular complexity index is 810. The molecule has 26 heavy (non-hydrogen) atoms. The van der Waals surface area contributed by atoms with E-state index in [2.05, 4.69) is 10.9 Å². The molecule has 3 rings (SSSR count). The fraction of sp³-hybridized carbons (Fsp3) is 0.263. The number of anilines is 1. The number of hydrogen-bond donors (Lipinski definition) is 2. The van der Waals surface area contributed by atoms with E-state index in [0.29, 0.717) is 41.0 Å². The van der Waals surface area contributed by atoms with E-state index in [9.17, 15) is 9.59 Å². The van der Waals surface area contributed by atoms with E-state index in [1.165, 1.54) is 0 Å². The second-order valence-corrected chi connectivity index (χ2v) is 6.26. The third-order valence-corrected chi connectivity index (χ3v) is 4.05. The van der Waals surface area contributed by atoms with Gasteiger partial charge in [0.2, 0.25) is 5.91 Å². The van der Waals surface area contributed by atoms with Crippen molar-refractivity contribution in [2.45, 2.75) is 19.3 Å². The first-order valence-corrected chi connectivity index (χ1v) is 8.73. The van der Waals surface area contributed by atoms with E-state index in [1.54, 1.807) is 42.5 Å². The van der Waals surface area contributed by atoms with Gasteiger partial charge in [0.15, 0.2) is 17.3 Å². The van der Waals surface area contributed by atoms with E-state index in [-0.39, 0.29) is 24.5 Å². The topological polar surface area (TPSA) is 76.7 Å². The number of hydrogen-bond acceptors (Lipinski definition) is 5. The lowest BCUT2D eigenvalue weighted by Crippen LogP contribution is -2.29. The van der Waals surface area contributed by atoms with E-state index >= 15 is 0 Å². The van der Waals surface area contributed by atoms with Crippen LogP contribution in [0, 0.1) is 0 Å². The van der Waals surface area contributed by atoms with Gasteiger partial charge in [0.25, 0.3) is 0 Å². The second kappa shape index (κ2) is 8.58. The molecule has 0 unspecified atom stereocenters. The quantitative estimate of drug-likeness (QED) is 0.596. The third-order valence-electron chi connectivity index (χ3n) is 3.82. The van der Waals surface area contributed by atoms with Gasteiger partial charge in [0.05, 0.1) is 18.9 Å². The zero-order chi connectivity index (χ0) is 18.4. The molecule has 0 fully saturated rings. The molecule has 2 N–H and O–H groups in total. The van der Waals surface area contributed by atoms with Crippen LogP contribution in [0.4, 0.5) is 5.69 Å². The minimum Gasteiger partial charge on any atom is -0.490 e. The highest BCUT2D eigenvalue weighted by molar-refractivity contribution is 6.30. The normalized spacial score (nSPS) is 12.8. The Hall–Kier alpha value is -2.73. The van der Waals surface area contributed by atoms with Crippen LogP contribution >= 0.6 is 11.6 Å². The summed E-state index contributed by atoms with van der Waals surface area (Å²) in [7, 11) is 0. The first-order chi connectivity index (χ1) is 12.6. The molecule has 0 spiro atoms. The first-order valence-electron chi connectivity index (χ1n) is 8.35. The Kier molecular flexibility index (Phi) is 5.96. The number of ether oxygens (including phenoxy) is 2. The van der Waals surface area contributed by atoms with Gasteiger partial charge in [-0.15, -0.1) is 0 Å². The molecular formula is C19H19ClN2O4. The van der Waals surface area contributed by atoms with Crippen LogP contribution in [0.3, 0.4) is 0 Å². The summed E-state index contributed by atoms with van der Waals surface area (Å²) in [6, 6.07) is 12.1. The van der Waals surface area contributed by atoms with Gasteiger partial charge >= 0.3 is 0 Å². The molecule has 1 amide bonds. The maximum atomic E-state index is 12.3. The molecule has 2 aromatic carbocycles. The van der Waals surface area contributed by atoms with Crippen molar-refractivity contribution in [1.82, 2.24) is 5.43 Å². The highest BCUT2D eigenvalue weighted by atomic mass is 35.5. The zero-order valence-electron chi connectivity index (χ0n) is 14.1. The van der Waals surface area contributed by atoms with Crippen LogP contribution in [0.1, 0.15) is 29.6 Å². The average Bonchev–Trinajstić information content (AvgIpc) is 2.89. The van der Waals surface area contributed by atoms with Gasteiger partial charge < -0.3 is 9.47 Å². The fourth-order valence-corrected chi connectivity index (χ4v) is 2.67. The minimum absolute atomic E-state index is 0.0703. The maximum absolute atomic E-state index is 12.3. The number of nitrogens with one attached hydrogen (secondary N) is 2. The van der Waals surface area contributed by atoms with Crippen molar-refractivity contribution < 1.29 is 19.1 Å². The number of rotatable bonds is 6. The van der Waals surface area contributed by atoms with Crippen LogP contribution in [0.2, 0.25) is 5.02 Å². The van der Waals surface area contributed by atoms with Gasteiger partial charge in [0, 0.05) is 29.8 Å². The summed E-state index contributed by atoms with van der Waals surface area (Å²) in [6.45, 7) is 1.16. The number of fused-ring (bicyclic) bond motifs is 1.